The van der Waals surface area contributed by atoms with Gasteiger partial charge in [-0.25, -0.2) is 4.39 Å². The highest BCUT2D eigenvalue weighted by molar-refractivity contribution is 6.60. The molecular weight excluding hydrogens is 299 g/mol. The van der Waals surface area contributed by atoms with E-state index in [1.165, 1.54) is 17.7 Å². The predicted molar refractivity (Wildman–Crippen MR) is 89.4 cm³/mol. The minimum absolute atomic E-state index is 0.176. The van der Waals surface area contributed by atoms with Gasteiger partial charge in [-0.05, 0) is 57.7 Å². The number of halogens is 1. The molecule has 0 radical (unpaired) electrons. The molecule has 0 amide bonds. The maximum Gasteiger partial charge on any atom is 0.500 e. The molecular formula is C17H29FO3Si. The van der Waals surface area contributed by atoms with Gasteiger partial charge in [0.05, 0.1) is 0 Å². The van der Waals surface area contributed by atoms with Crippen molar-refractivity contribution in [3.05, 3.63) is 35.6 Å². The molecule has 0 aromatic heterocycles. The largest absolute Gasteiger partial charge is 0.500 e. The summed E-state index contributed by atoms with van der Waals surface area (Å²) in [6.45, 7) is 7.82. The second-order valence-corrected chi connectivity index (χ2v) is 7.90. The molecule has 0 saturated carbocycles. The van der Waals surface area contributed by atoms with Crippen molar-refractivity contribution in [3.63, 3.8) is 0 Å². The molecule has 0 atom stereocenters. The van der Waals surface area contributed by atoms with Gasteiger partial charge < -0.3 is 13.3 Å². The summed E-state index contributed by atoms with van der Waals surface area (Å²) in [7, 11) is -2.48. The highest BCUT2D eigenvalue weighted by atomic mass is 28.4. The van der Waals surface area contributed by atoms with Crippen LogP contribution in [-0.4, -0.2) is 28.6 Å². The van der Waals surface area contributed by atoms with Gasteiger partial charge in [-0.15, -0.1) is 0 Å². The molecule has 0 bridgehead atoms. The van der Waals surface area contributed by atoms with Crippen LogP contribution in [0.25, 0.3) is 0 Å². The minimum atomic E-state index is -2.48. The third-order valence-corrected chi connectivity index (χ3v) is 6.61. The molecule has 0 aliphatic heterocycles. The summed E-state index contributed by atoms with van der Waals surface area (Å²) in [5.41, 5.74) is 1.18. The SMILES string of the molecule is CCO[Si](CCCCCc1ccc(F)cc1)(OCC)OCC. The van der Waals surface area contributed by atoms with E-state index in [-0.39, 0.29) is 5.82 Å². The van der Waals surface area contributed by atoms with Crippen LogP contribution in [0.1, 0.15) is 45.6 Å². The van der Waals surface area contributed by atoms with Crippen LogP contribution >= 0.6 is 0 Å². The van der Waals surface area contributed by atoms with Gasteiger partial charge in [-0.1, -0.05) is 18.6 Å². The highest BCUT2D eigenvalue weighted by Gasteiger charge is 2.39. The molecule has 0 N–H and O–H groups in total. The zero-order valence-electron chi connectivity index (χ0n) is 14.1. The lowest BCUT2D eigenvalue weighted by molar-refractivity contribution is 0.0706. The summed E-state index contributed by atoms with van der Waals surface area (Å²) in [4.78, 5) is 0. The number of benzene rings is 1. The van der Waals surface area contributed by atoms with Crippen LogP contribution in [0.3, 0.4) is 0 Å². The van der Waals surface area contributed by atoms with Gasteiger partial charge in [-0.3, -0.25) is 0 Å². The molecule has 22 heavy (non-hydrogen) atoms. The van der Waals surface area contributed by atoms with Crippen molar-refractivity contribution in [1.29, 1.82) is 0 Å². The smallest absolute Gasteiger partial charge is 0.374 e. The monoisotopic (exact) mass is 328 g/mol. The minimum Gasteiger partial charge on any atom is -0.374 e. The third kappa shape index (κ3) is 7.00. The van der Waals surface area contributed by atoms with E-state index in [4.69, 9.17) is 13.3 Å². The van der Waals surface area contributed by atoms with Crippen molar-refractivity contribution >= 4 is 8.80 Å². The van der Waals surface area contributed by atoms with Gasteiger partial charge in [-0.2, -0.15) is 0 Å². The molecule has 5 heteroatoms. The van der Waals surface area contributed by atoms with Gasteiger partial charge >= 0.3 is 8.80 Å². The van der Waals surface area contributed by atoms with E-state index >= 15 is 0 Å². The van der Waals surface area contributed by atoms with Crippen molar-refractivity contribution in [2.24, 2.45) is 0 Å². The van der Waals surface area contributed by atoms with Crippen molar-refractivity contribution in [2.75, 3.05) is 19.8 Å². The maximum absolute atomic E-state index is 12.8. The van der Waals surface area contributed by atoms with Crippen molar-refractivity contribution in [1.82, 2.24) is 0 Å². The van der Waals surface area contributed by atoms with Crippen LogP contribution in [0.2, 0.25) is 6.04 Å². The van der Waals surface area contributed by atoms with E-state index < -0.39 is 8.80 Å². The van der Waals surface area contributed by atoms with E-state index in [0.29, 0.717) is 19.8 Å². The Morgan fingerprint density at radius 2 is 1.36 bits per heavy atom. The fraction of sp³-hybridized carbons (Fsp3) is 0.647. The Morgan fingerprint density at radius 3 is 1.86 bits per heavy atom. The zero-order chi connectivity index (χ0) is 16.3. The van der Waals surface area contributed by atoms with Crippen molar-refractivity contribution < 1.29 is 17.7 Å². The maximum atomic E-state index is 12.8. The number of hydrogen-bond donors (Lipinski definition) is 0. The molecule has 0 unspecified atom stereocenters. The van der Waals surface area contributed by atoms with Crippen LogP contribution in [0.15, 0.2) is 24.3 Å². The molecule has 0 aliphatic carbocycles. The Hall–Kier alpha value is -0.753. The Bertz CT molecular complexity index is 380. The molecule has 1 aromatic rings. The molecule has 0 saturated heterocycles. The second kappa shape index (κ2) is 10.9. The lowest BCUT2D eigenvalue weighted by atomic mass is 10.1. The summed E-state index contributed by atoms with van der Waals surface area (Å²) < 4.78 is 30.4. The predicted octanol–water partition coefficient (Wildman–Crippen LogP) is 4.59. The second-order valence-electron chi connectivity index (χ2n) is 5.17. The first kappa shape index (κ1) is 19.3. The molecule has 0 fully saturated rings. The Kier molecular flexibility index (Phi) is 9.55. The Morgan fingerprint density at radius 1 is 0.818 bits per heavy atom. The van der Waals surface area contributed by atoms with E-state index in [1.807, 2.05) is 32.9 Å². The molecule has 0 aliphatic rings. The molecule has 0 spiro atoms. The topological polar surface area (TPSA) is 27.7 Å². The highest BCUT2D eigenvalue weighted by Crippen LogP contribution is 2.20. The van der Waals surface area contributed by atoms with Crippen molar-refractivity contribution in [2.45, 2.75) is 52.5 Å². The van der Waals surface area contributed by atoms with E-state index in [2.05, 4.69) is 0 Å². The summed E-state index contributed by atoms with van der Waals surface area (Å²) in [6, 6.07) is 7.62. The first-order valence-electron chi connectivity index (χ1n) is 8.32. The normalized spacial score (nSPS) is 11.8. The van der Waals surface area contributed by atoms with E-state index in [1.54, 1.807) is 0 Å². The number of aryl methyl sites for hydroxylation is 1. The fourth-order valence-electron chi connectivity index (χ4n) is 2.50. The van der Waals surface area contributed by atoms with Gasteiger partial charge in [0, 0.05) is 25.9 Å². The molecule has 1 rings (SSSR count). The average Bonchev–Trinajstić information content (AvgIpc) is 2.50. The van der Waals surface area contributed by atoms with Crippen LogP contribution < -0.4 is 0 Å². The van der Waals surface area contributed by atoms with Crippen LogP contribution in [0.5, 0.6) is 0 Å². The molecule has 3 nitrogen and oxygen atoms in total. The van der Waals surface area contributed by atoms with E-state index in [0.717, 1.165) is 31.7 Å². The lowest BCUT2D eigenvalue weighted by Gasteiger charge is -2.28. The van der Waals surface area contributed by atoms with Crippen molar-refractivity contribution in [3.8, 4) is 0 Å². The number of hydrogen-bond acceptors (Lipinski definition) is 3. The number of unbranched alkanes of at least 4 members (excludes halogenated alkanes) is 2. The van der Waals surface area contributed by atoms with Gasteiger partial charge in [0.15, 0.2) is 0 Å². The Labute approximate surface area is 135 Å². The fourth-order valence-corrected chi connectivity index (χ4v) is 5.19. The van der Waals surface area contributed by atoms with Crippen LogP contribution in [0.4, 0.5) is 4.39 Å². The first-order chi connectivity index (χ1) is 10.7. The zero-order valence-corrected chi connectivity index (χ0v) is 15.1. The quantitative estimate of drug-likeness (QED) is 0.415. The summed E-state index contributed by atoms with van der Waals surface area (Å²) >= 11 is 0. The molecule has 126 valence electrons. The molecule has 0 heterocycles. The van der Waals surface area contributed by atoms with E-state index in [9.17, 15) is 4.39 Å². The van der Waals surface area contributed by atoms with Gasteiger partial charge in [0.25, 0.3) is 0 Å². The standard InChI is InChI=1S/C17H29FO3Si/c1-4-19-22(20-5-2,21-6-3)15-9-7-8-10-16-11-13-17(18)14-12-16/h11-14H,4-10,15H2,1-3H3. The lowest BCUT2D eigenvalue weighted by Crippen LogP contribution is -2.45. The summed E-state index contributed by atoms with van der Waals surface area (Å²) in [5, 5.41) is 0. The molecule has 1 aromatic carbocycles. The van der Waals surface area contributed by atoms with Crippen LogP contribution in [0, 0.1) is 5.82 Å². The first-order valence-corrected chi connectivity index (χ1v) is 10.2. The van der Waals surface area contributed by atoms with Gasteiger partial charge in [0.1, 0.15) is 5.82 Å². The van der Waals surface area contributed by atoms with Gasteiger partial charge in [0.2, 0.25) is 0 Å². The van der Waals surface area contributed by atoms with Crippen LogP contribution in [-0.2, 0) is 19.7 Å². The summed E-state index contributed by atoms with van der Waals surface area (Å²) in [5.74, 6) is -0.176. The summed E-state index contributed by atoms with van der Waals surface area (Å²) in [6.07, 6.45) is 4.19. The average molecular weight is 329 g/mol. The third-order valence-electron chi connectivity index (χ3n) is 3.45. The Balaban J connectivity index is 2.33. The number of rotatable bonds is 12.